The van der Waals surface area contributed by atoms with Crippen LogP contribution in [0.3, 0.4) is 0 Å². The van der Waals surface area contributed by atoms with Gasteiger partial charge in [0.05, 0.1) is 0 Å². The molecule has 0 radical (unpaired) electrons. The van der Waals surface area contributed by atoms with Gasteiger partial charge in [-0.3, -0.25) is 0 Å². The van der Waals surface area contributed by atoms with Gasteiger partial charge in [-0.1, -0.05) is 60.7 Å². The summed E-state index contributed by atoms with van der Waals surface area (Å²) in [7, 11) is 0. The number of rotatable bonds is 3. The SMILES string of the molecule is O=C1OC(c2ccccc2)C=C1Cc1ccccc1. The quantitative estimate of drug-likeness (QED) is 0.780. The lowest BCUT2D eigenvalue weighted by atomic mass is 10.0. The van der Waals surface area contributed by atoms with E-state index in [2.05, 4.69) is 0 Å². The minimum absolute atomic E-state index is 0.210. The van der Waals surface area contributed by atoms with Gasteiger partial charge in [0.15, 0.2) is 0 Å². The van der Waals surface area contributed by atoms with E-state index in [0.29, 0.717) is 6.42 Å². The van der Waals surface area contributed by atoms with Crippen molar-refractivity contribution in [2.75, 3.05) is 0 Å². The summed E-state index contributed by atoms with van der Waals surface area (Å²) in [5.74, 6) is -0.210. The fourth-order valence-corrected chi connectivity index (χ4v) is 2.23. The molecule has 1 aliphatic heterocycles. The van der Waals surface area contributed by atoms with Gasteiger partial charge >= 0.3 is 5.97 Å². The van der Waals surface area contributed by atoms with E-state index in [1.807, 2.05) is 66.7 Å². The smallest absolute Gasteiger partial charge is 0.335 e. The van der Waals surface area contributed by atoms with Gasteiger partial charge in [-0.25, -0.2) is 4.79 Å². The van der Waals surface area contributed by atoms with E-state index in [0.717, 1.165) is 16.7 Å². The molecule has 0 saturated heterocycles. The molecule has 1 atom stereocenters. The Morgan fingerprint density at radius 1 is 0.895 bits per heavy atom. The molecule has 0 aliphatic carbocycles. The van der Waals surface area contributed by atoms with Crippen LogP contribution in [0.1, 0.15) is 17.2 Å². The van der Waals surface area contributed by atoms with Crippen LogP contribution in [0.2, 0.25) is 0 Å². The minimum Gasteiger partial charge on any atom is -0.450 e. The second kappa shape index (κ2) is 5.11. The lowest BCUT2D eigenvalue weighted by Gasteiger charge is -2.07. The van der Waals surface area contributed by atoms with Crippen LogP contribution in [0.4, 0.5) is 0 Å². The fourth-order valence-electron chi connectivity index (χ4n) is 2.23. The highest BCUT2D eigenvalue weighted by molar-refractivity contribution is 5.91. The molecule has 0 fully saturated rings. The van der Waals surface area contributed by atoms with Gasteiger partial charge in [0.1, 0.15) is 6.10 Å². The molecule has 2 nitrogen and oxygen atoms in total. The second-order valence-electron chi connectivity index (χ2n) is 4.59. The van der Waals surface area contributed by atoms with Gasteiger partial charge in [0, 0.05) is 12.0 Å². The van der Waals surface area contributed by atoms with E-state index in [-0.39, 0.29) is 12.1 Å². The highest BCUT2D eigenvalue weighted by Gasteiger charge is 2.26. The van der Waals surface area contributed by atoms with Crippen LogP contribution in [0, 0.1) is 0 Å². The number of cyclic esters (lactones) is 1. The topological polar surface area (TPSA) is 26.3 Å². The highest BCUT2D eigenvalue weighted by Crippen LogP contribution is 2.29. The van der Waals surface area contributed by atoms with Gasteiger partial charge in [-0.05, 0) is 17.2 Å². The lowest BCUT2D eigenvalue weighted by Crippen LogP contribution is -2.04. The first-order valence-electron chi connectivity index (χ1n) is 6.33. The zero-order valence-corrected chi connectivity index (χ0v) is 10.5. The average Bonchev–Trinajstić information content (AvgIpc) is 2.82. The second-order valence-corrected chi connectivity index (χ2v) is 4.59. The monoisotopic (exact) mass is 250 g/mol. The van der Waals surface area contributed by atoms with Crippen LogP contribution in [0.15, 0.2) is 72.3 Å². The van der Waals surface area contributed by atoms with E-state index in [1.165, 1.54) is 0 Å². The first-order chi connectivity index (χ1) is 9.33. The zero-order valence-electron chi connectivity index (χ0n) is 10.5. The van der Waals surface area contributed by atoms with Crippen LogP contribution in [0.25, 0.3) is 0 Å². The molecule has 0 N–H and O–H groups in total. The Bertz CT molecular complexity index is 600. The molecule has 0 saturated carbocycles. The summed E-state index contributed by atoms with van der Waals surface area (Å²) >= 11 is 0. The van der Waals surface area contributed by atoms with Crippen LogP contribution in [-0.4, -0.2) is 5.97 Å². The summed E-state index contributed by atoms with van der Waals surface area (Å²) in [6.45, 7) is 0. The third-order valence-electron chi connectivity index (χ3n) is 3.21. The van der Waals surface area contributed by atoms with Crippen LogP contribution in [0.5, 0.6) is 0 Å². The van der Waals surface area contributed by atoms with E-state index in [4.69, 9.17) is 4.74 Å². The molecule has 0 amide bonds. The predicted molar refractivity (Wildman–Crippen MR) is 73.5 cm³/mol. The number of carbonyl (C=O) groups is 1. The molecule has 19 heavy (non-hydrogen) atoms. The van der Waals surface area contributed by atoms with Crippen molar-refractivity contribution < 1.29 is 9.53 Å². The third-order valence-corrected chi connectivity index (χ3v) is 3.21. The average molecular weight is 250 g/mol. The van der Waals surface area contributed by atoms with Crippen molar-refractivity contribution in [1.82, 2.24) is 0 Å². The van der Waals surface area contributed by atoms with Crippen LogP contribution >= 0.6 is 0 Å². The Hall–Kier alpha value is -2.35. The maximum absolute atomic E-state index is 11.9. The highest BCUT2D eigenvalue weighted by atomic mass is 16.5. The van der Waals surface area contributed by atoms with Crippen molar-refractivity contribution in [2.24, 2.45) is 0 Å². The molecule has 0 spiro atoms. The minimum atomic E-state index is -0.243. The Labute approximate surface area is 112 Å². The Balaban J connectivity index is 1.81. The molecule has 2 heteroatoms. The molecule has 1 unspecified atom stereocenters. The first-order valence-corrected chi connectivity index (χ1v) is 6.33. The van der Waals surface area contributed by atoms with Crippen molar-refractivity contribution in [3.8, 4) is 0 Å². The van der Waals surface area contributed by atoms with E-state index in [1.54, 1.807) is 0 Å². The van der Waals surface area contributed by atoms with Crippen molar-refractivity contribution in [3.05, 3.63) is 83.4 Å². The number of hydrogen-bond donors (Lipinski definition) is 0. The molecular formula is C17H14O2. The molecule has 2 aromatic carbocycles. The summed E-state index contributed by atoms with van der Waals surface area (Å²) < 4.78 is 5.40. The zero-order chi connectivity index (χ0) is 13.1. The number of hydrogen-bond acceptors (Lipinski definition) is 2. The van der Waals surface area contributed by atoms with E-state index in [9.17, 15) is 4.79 Å². The number of ether oxygens (including phenoxy) is 1. The van der Waals surface area contributed by atoms with E-state index < -0.39 is 0 Å². The number of esters is 1. The van der Waals surface area contributed by atoms with Gasteiger partial charge < -0.3 is 4.74 Å². The first kappa shape index (κ1) is 11.7. The summed E-state index contributed by atoms with van der Waals surface area (Å²) in [5.41, 5.74) is 2.87. The molecule has 0 bridgehead atoms. The molecule has 0 aromatic heterocycles. The normalized spacial score (nSPS) is 18.0. The Morgan fingerprint density at radius 3 is 2.21 bits per heavy atom. The van der Waals surface area contributed by atoms with Gasteiger partial charge in [0.25, 0.3) is 0 Å². The third kappa shape index (κ3) is 2.58. The summed E-state index contributed by atoms with van der Waals surface area (Å²) in [4.78, 5) is 11.9. The van der Waals surface area contributed by atoms with Gasteiger partial charge in [-0.2, -0.15) is 0 Å². The van der Waals surface area contributed by atoms with Crippen molar-refractivity contribution in [2.45, 2.75) is 12.5 Å². The molecule has 2 aromatic rings. The van der Waals surface area contributed by atoms with E-state index >= 15 is 0 Å². The van der Waals surface area contributed by atoms with Crippen LogP contribution in [-0.2, 0) is 16.0 Å². The van der Waals surface area contributed by atoms with Crippen molar-refractivity contribution in [1.29, 1.82) is 0 Å². The molecular weight excluding hydrogens is 236 g/mol. The maximum Gasteiger partial charge on any atom is 0.335 e. The molecule has 3 rings (SSSR count). The Kier molecular flexibility index (Phi) is 3.15. The molecule has 94 valence electrons. The number of carbonyl (C=O) groups excluding carboxylic acids is 1. The van der Waals surface area contributed by atoms with Crippen molar-refractivity contribution in [3.63, 3.8) is 0 Å². The summed E-state index contributed by atoms with van der Waals surface area (Å²) in [6.07, 6.45) is 2.31. The summed E-state index contributed by atoms with van der Waals surface area (Å²) in [5, 5.41) is 0. The van der Waals surface area contributed by atoms with Gasteiger partial charge in [0.2, 0.25) is 0 Å². The number of benzene rings is 2. The lowest BCUT2D eigenvalue weighted by molar-refractivity contribution is -0.139. The van der Waals surface area contributed by atoms with Gasteiger partial charge in [-0.15, -0.1) is 0 Å². The maximum atomic E-state index is 11.9. The standard InChI is InChI=1S/C17H14O2/c18-17-15(11-13-7-3-1-4-8-13)12-16(19-17)14-9-5-2-6-10-14/h1-10,12,16H,11H2. The largest absolute Gasteiger partial charge is 0.450 e. The fraction of sp³-hybridized carbons (Fsp3) is 0.118. The van der Waals surface area contributed by atoms with Crippen LogP contribution < -0.4 is 0 Å². The summed E-state index contributed by atoms with van der Waals surface area (Å²) in [6, 6.07) is 19.8. The Morgan fingerprint density at radius 2 is 1.53 bits per heavy atom. The van der Waals surface area contributed by atoms with Crippen molar-refractivity contribution >= 4 is 5.97 Å². The predicted octanol–water partition coefficient (Wildman–Crippen LogP) is 3.45. The molecule has 1 aliphatic rings. The molecule has 1 heterocycles.